The highest BCUT2D eigenvalue weighted by molar-refractivity contribution is 7.19. The Morgan fingerprint density at radius 3 is 2.54 bits per heavy atom. The topological polar surface area (TPSA) is 101 Å². The molecule has 1 heterocycles. The average molecular weight is 376 g/mol. The molecule has 1 N–H and O–H groups in total. The molecule has 0 saturated heterocycles. The molecule has 8 nitrogen and oxygen atoms in total. The SMILES string of the molecule is Cc1cc(N(C)C(=O)OC(C)(C)C)ccc1C(=O)Nc1ncc(N=O)s1. The Hall–Kier alpha value is -2.81. The van der Waals surface area contributed by atoms with Crippen LogP contribution in [0.25, 0.3) is 0 Å². The monoisotopic (exact) mass is 376 g/mol. The van der Waals surface area contributed by atoms with Crippen molar-refractivity contribution in [1.82, 2.24) is 4.98 Å². The van der Waals surface area contributed by atoms with Gasteiger partial charge in [0.05, 0.1) is 6.20 Å². The number of nitrogens with zero attached hydrogens (tertiary/aromatic N) is 3. The second-order valence-corrected chi connectivity index (χ2v) is 7.60. The number of thiazole rings is 1. The van der Waals surface area contributed by atoms with Crippen LogP contribution in [0.2, 0.25) is 0 Å². The summed E-state index contributed by atoms with van der Waals surface area (Å²) in [6.07, 6.45) is 0.810. The minimum absolute atomic E-state index is 0.186. The molecule has 0 fully saturated rings. The molecule has 1 aromatic heterocycles. The van der Waals surface area contributed by atoms with Crippen LogP contribution in [0.5, 0.6) is 0 Å². The van der Waals surface area contributed by atoms with Crippen molar-refractivity contribution < 1.29 is 14.3 Å². The van der Waals surface area contributed by atoms with Gasteiger partial charge in [0.25, 0.3) is 5.91 Å². The van der Waals surface area contributed by atoms with Crippen molar-refractivity contribution in [3.05, 3.63) is 40.4 Å². The number of amides is 2. The first kappa shape index (κ1) is 19.5. The highest BCUT2D eigenvalue weighted by Crippen LogP contribution is 2.27. The highest BCUT2D eigenvalue weighted by Gasteiger charge is 2.21. The van der Waals surface area contributed by atoms with E-state index < -0.39 is 11.7 Å². The molecule has 0 radical (unpaired) electrons. The summed E-state index contributed by atoms with van der Waals surface area (Å²) < 4.78 is 5.33. The molecule has 0 saturated carbocycles. The maximum absolute atomic E-state index is 12.4. The number of ether oxygens (including phenoxy) is 1. The Morgan fingerprint density at radius 2 is 2.00 bits per heavy atom. The van der Waals surface area contributed by atoms with Gasteiger partial charge in [0, 0.05) is 18.3 Å². The van der Waals surface area contributed by atoms with Gasteiger partial charge < -0.3 is 4.74 Å². The van der Waals surface area contributed by atoms with Crippen LogP contribution in [0.3, 0.4) is 0 Å². The van der Waals surface area contributed by atoms with E-state index in [1.54, 1.807) is 52.9 Å². The van der Waals surface area contributed by atoms with Gasteiger partial charge in [-0.15, -0.1) is 4.91 Å². The molecule has 0 aliphatic carbocycles. The Morgan fingerprint density at radius 1 is 1.31 bits per heavy atom. The first-order chi connectivity index (χ1) is 12.1. The maximum Gasteiger partial charge on any atom is 0.414 e. The van der Waals surface area contributed by atoms with E-state index in [9.17, 15) is 14.5 Å². The van der Waals surface area contributed by atoms with Crippen molar-refractivity contribution in [2.75, 3.05) is 17.3 Å². The van der Waals surface area contributed by atoms with Crippen LogP contribution in [-0.2, 0) is 4.74 Å². The molecule has 2 rings (SSSR count). The Balaban J connectivity index is 2.14. The summed E-state index contributed by atoms with van der Waals surface area (Å²) in [6.45, 7) is 7.15. The summed E-state index contributed by atoms with van der Waals surface area (Å²) in [7, 11) is 1.60. The maximum atomic E-state index is 12.4. The molecule has 9 heteroatoms. The van der Waals surface area contributed by atoms with Crippen LogP contribution in [0, 0.1) is 11.8 Å². The first-order valence-electron chi connectivity index (χ1n) is 7.78. The molecule has 0 spiro atoms. The second kappa shape index (κ2) is 7.61. The van der Waals surface area contributed by atoms with Gasteiger partial charge in [-0.05, 0) is 56.6 Å². The van der Waals surface area contributed by atoms with Crippen molar-refractivity contribution in [2.45, 2.75) is 33.3 Å². The fraction of sp³-hybridized carbons (Fsp3) is 0.353. The third-order valence-corrected chi connectivity index (χ3v) is 4.10. The van der Waals surface area contributed by atoms with Crippen LogP contribution >= 0.6 is 11.3 Å². The lowest BCUT2D eigenvalue weighted by Gasteiger charge is -2.25. The van der Waals surface area contributed by atoms with Gasteiger partial charge in [-0.25, -0.2) is 9.78 Å². The zero-order valence-corrected chi connectivity index (χ0v) is 16.0. The number of carbonyl (C=O) groups excluding carboxylic acids is 2. The van der Waals surface area contributed by atoms with Gasteiger partial charge in [0.15, 0.2) is 10.1 Å². The molecule has 1 aromatic carbocycles. The lowest BCUT2D eigenvalue weighted by atomic mass is 10.1. The minimum Gasteiger partial charge on any atom is -0.443 e. The second-order valence-electron chi connectivity index (χ2n) is 6.59. The largest absolute Gasteiger partial charge is 0.443 e. The first-order valence-corrected chi connectivity index (χ1v) is 8.60. The Labute approximate surface area is 155 Å². The number of benzene rings is 1. The molecule has 138 valence electrons. The van der Waals surface area contributed by atoms with Gasteiger partial charge in [-0.3, -0.25) is 15.0 Å². The summed E-state index contributed by atoms with van der Waals surface area (Å²) >= 11 is 0.987. The van der Waals surface area contributed by atoms with Crippen molar-refractivity contribution >= 4 is 39.2 Å². The van der Waals surface area contributed by atoms with Crippen LogP contribution in [0.15, 0.2) is 29.6 Å². The molecule has 26 heavy (non-hydrogen) atoms. The number of rotatable bonds is 4. The molecule has 0 bridgehead atoms. The van der Waals surface area contributed by atoms with Crippen LogP contribution in [-0.4, -0.2) is 29.6 Å². The lowest BCUT2D eigenvalue weighted by molar-refractivity contribution is 0.0589. The van der Waals surface area contributed by atoms with E-state index >= 15 is 0 Å². The van der Waals surface area contributed by atoms with Crippen LogP contribution in [0.4, 0.5) is 20.6 Å². The summed E-state index contributed by atoms with van der Waals surface area (Å²) in [6, 6.07) is 5.00. The van der Waals surface area contributed by atoms with Gasteiger partial charge in [0.1, 0.15) is 5.60 Å². The molecule has 2 aromatic rings. The number of aryl methyl sites for hydroxylation is 1. The lowest BCUT2D eigenvalue weighted by Crippen LogP contribution is -2.34. The number of aromatic nitrogens is 1. The number of nitroso groups, excluding NO2 is 1. The molecular formula is C17H20N4O4S. The number of nitrogens with one attached hydrogen (secondary N) is 1. The van der Waals surface area contributed by atoms with E-state index in [0.29, 0.717) is 21.9 Å². The van der Waals surface area contributed by atoms with Crippen molar-refractivity contribution in [1.29, 1.82) is 0 Å². The smallest absolute Gasteiger partial charge is 0.414 e. The standard InChI is InChI=1S/C17H20N4O4S/c1-10-8-11(21(5)16(23)25-17(2,3)4)6-7-12(10)14(22)19-15-18-9-13(20-24)26-15/h6-9H,1-5H3,(H,18,19,22). The number of hydrogen-bond acceptors (Lipinski definition) is 7. The highest BCUT2D eigenvalue weighted by atomic mass is 32.1. The molecule has 0 aliphatic rings. The molecular weight excluding hydrogens is 356 g/mol. The summed E-state index contributed by atoms with van der Waals surface area (Å²) in [5.41, 5.74) is 1.13. The van der Waals surface area contributed by atoms with E-state index in [-0.39, 0.29) is 10.9 Å². The zero-order chi connectivity index (χ0) is 19.5. The zero-order valence-electron chi connectivity index (χ0n) is 15.2. The van der Waals surface area contributed by atoms with E-state index in [1.807, 2.05) is 0 Å². The molecule has 2 amide bonds. The van der Waals surface area contributed by atoms with Crippen molar-refractivity contribution in [3.63, 3.8) is 0 Å². The van der Waals surface area contributed by atoms with E-state index in [0.717, 1.165) is 11.3 Å². The average Bonchev–Trinajstić information content (AvgIpc) is 2.99. The molecule has 0 atom stereocenters. The third-order valence-electron chi connectivity index (χ3n) is 3.31. The van der Waals surface area contributed by atoms with Crippen LogP contribution < -0.4 is 10.2 Å². The van der Waals surface area contributed by atoms with Gasteiger partial charge in [-0.1, -0.05) is 11.3 Å². The Kier molecular flexibility index (Phi) is 5.71. The summed E-state index contributed by atoms with van der Waals surface area (Å²) in [4.78, 5) is 40.2. The predicted octanol–water partition coefficient (Wildman–Crippen LogP) is 4.47. The van der Waals surface area contributed by atoms with Crippen LogP contribution in [0.1, 0.15) is 36.7 Å². The van der Waals surface area contributed by atoms with Gasteiger partial charge in [0.2, 0.25) is 0 Å². The van der Waals surface area contributed by atoms with E-state index in [1.165, 1.54) is 11.1 Å². The summed E-state index contributed by atoms with van der Waals surface area (Å²) in [5.74, 6) is -0.360. The number of carbonyl (C=O) groups is 2. The van der Waals surface area contributed by atoms with Crippen molar-refractivity contribution in [3.8, 4) is 0 Å². The van der Waals surface area contributed by atoms with Gasteiger partial charge >= 0.3 is 6.09 Å². The normalized spacial score (nSPS) is 11.0. The molecule has 0 unspecified atom stereocenters. The quantitative estimate of drug-likeness (QED) is 0.793. The fourth-order valence-corrected chi connectivity index (χ4v) is 2.67. The van der Waals surface area contributed by atoms with Crippen molar-refractivity contribution in [2.24, 2.45) is 5.18 Å². The van der Waals surface area contributed by atoms with Gasteiger partial charge in [-0.2, -0.15) is 0 Å². The predicted molar refractivity (Wildman–Crippen MR) is 101 cm³/mol. The Bertz CT molecular complexity index is 842. The summed E-state index contributed by atoms with van der Waals surface area (Å²) in [5, 5.41) is 5.86. The van der Waals surface area contributed by atoms with E-state index in [4.69, 9.17) is 4.74 Å². The van der Waals surface area contributed by atoms with E-state index in [2.05, 4.69) is 15.5 Å². The third kappa shape index (κ3) is 4.85. The minimum atomic E-state index is -0.594. The fourth-order valence-electron chi connectivity index (χ4n) is 2.08. The number of hydrogen-bond donors (Lipinski definition) is 1. The molecule has 0 aliphatic heterocycles. The number of anilines is 2.